The van der Waals surface area contributed by atoms with E-state index in [4.69, 9.17) is 0 Å². The Morgan fingerprint density at radius 1 is 0.952 bits per heavy atom. The zero-order chi connectivity index (χ0) is 14.9. The van der Waals surface area contributed by atoms with E-state index in [1.807, 2.05) is 0 Å². The first kappa shape index (κ1) is 14.2. The summed E-state index contributed by atoms with van der Waals surface area (Å²) in [4.78, 5) is 0. The van der Waals surface area contributed by atoms with Crippen molar-refractivity contribution >= 4 is 5.69 Å². The third kappa shape index (κ3) is 2.97. The second-order valence-corrected chi connectivity index (χ2v) is 7.08. The molecule has 0 spiro atoms. The first-order valence-corrected chi connectivity index (χ1v) is 7.99. The molecule has 2 aromatic carbocycles. The zero-order valence-corrected chi connectivity index (χ0v) is 13.3. The average Bonchev–Trinajstić information content (AvgIpc) is 2.47. The van der Waals surface area contributed by atoms with Crippen LogP contribution in [0.25, 0.3) is 0 Å². The summed E-state index contributed by atoms with van der Waals surface area (Å²) in [6, 6.07) is 18.1. The smallest absolute Gasteiger partial charge is 0.0516 e. The number of anilines is 1. The maximum atomic E-state index is 3.81. The molecular formula is C20H25N. The second kappa shape index (κ2) is 5.55. The molecule has 1 aliphatic carbocycles. The molecular weight excluding hydrogens is 254 g/mol. The first-order valence-electron chi connectivity index (χ1n) is 7.99. The fourth-order valence-electron chi connectivity index (χ4n) is 3.35. The van der Waals surface area contributed by atoms with Gasteiger partial charge in [0.05, 0.1) is 6.04 Å². The standard InChI is InChI=1S/C20H25N/c1-20(2,3)17-12-6-7-13-19(17)21-18-14-8-10-15-9-4-5-11-16(15)18/h4-7,9,11-13,18,21H,8,10,14H2,1-3H3. The molecule has 2 aromatic rings. The van der Waals surface area contributed by atoms with Crippen LogP contribution in [0, 0.1) is 0 Å². The summed E-state index contributed by atoms with van der Waals surface area (Å²) >= 11 is 0. The molecule has 1 aliphatic rings. The van der Waals surface area contributed by atoms with Crippen LogP contribution in [0.2, 0.25) is 0 Å². The summed E-state index contributed by atoms with van der Waals surface area (Å²) in [6.07, 6.45) is 3.71. The van der Waals surface area contributed by atoms with Crippen LogP contribution in [0.15, 0.2) is 48.5 Å². The highest BCUT2D eigenvalue weighted by Crippen LogP contribution is 2.36. The van der Waals surface area contributed by atoms with E-state index in [2.05, 4.69) is 74.6 Å². The van der Waals surface area contributed by atoms with Crippen molar-refractivity contribution < 1.29 is 0 Å². The number of fused-ring (bicyclic) bond motifs is 1. The van der Waals surface area contributed by atoms with Crippen molar-refractivity contribution in [3.8, 4) is 0 Å². The number of rotatable bonds is 2. The molecule has 110 valence electrons. The minimum Gasteiger partial charge on any atom is -0.378 e. The average molecular weight is 279 g/mol. The third-order valence-corrected chi connectivity index (χ3v) is 4.43. The molecule has 1 nitrogen and oxygen atoms in total. The van der Waals surface area contributed by atoms with Crippen molar-refractivity contribution in [1.29, 1.82) is 0 Å². The molecule has 0 amide bonds. The minimum atomic E-state index is 0.164. The first-order chi connectivity index (χ1) is 10.1. The van der Waals surface area contributed by atoms with Crippen molar-refractivity contribution in [2.24, 2.45) is 0 Å². The molecule has 1 atom stereocenters. The Hall–Kier alpha value is -1.76. The Bertz CT molecular complexity index is 622. The number of para-hydroxylation sites is 1. The predicted molar refractivity (Wildman–Crippen MR) is 90.9 cm³/mol. The summed E-state index contributed by atoms with van der Waals surface area (Å²) < 4.78 is 0. The molecule has 0 fully saturated rings. The highest BCUT2D eigenvalue weighted by molar-refractivity contribution is 5.56. The van der Waals surface area contributed by atoms with Crippen LogP contribution in [0.3, 0.4) is 0 Å². The molecule has 0 radical (unpaired) electrons. The second-order valence-electron chi connectivity index (χ2n) is 7.08. The summed E-state index contributed by atoms with van der Waals surface area (Å²) in [7, 11) is 0. The van der Waals surface area contributed by atoms with Crippen molar-refractivity contribution in [3.63, 3.8) is 0 Å². The maximum Gasteiger partial charge on any atom is 0.0516 e. The Kier molecular flexibility index (Phi) is 3.75. The fourth-order valence-corrected chi connectivity index (χ4v) is 3.35. The van der Waals surface area contributed by atoms with E-state index in [9.17, 15) is 0 Å². The van der Waals surface area contributed by atoms with Crippen LogP contribution in [0.4, 0.5) is 5.69 Å². The van der Waals surface area contributed by atoms with Crippen LogP contribution < -0.4 is 5.32 Å². The zero-order valence-electron chi connectivity index (χ0n) is 13.3. The quantitative estimate of drug-likeness (QED) is 0.768. The molecule has 0 saturated carbocycles. The largest absolute Gasteiger partial charge is 0.378 e. The predicted octanol–water partition coefficient (Wildman–Crippen LogP) is 5.47. The summed E-state index contributed by atoms with van der Waals surface area (Å²) in [5.74, 6) is 0. The fraction of sp³-hybridized carbons (Fsp3) is 0.400. The van der Waals surface area contributed by atoms with E-state index in [1.54, 1.807) is 0 Å². The molecule has 1 unspecified atom stereocenters. The van der Waals surface area contributed by atoms with E-state index < -0.39 is 0 Å². The number of hydrogen-bond acceptors (Lipinski definition) is 1. The van der Waals surface area contributed by atoms with Gasteiger partial charge in [-0.1, -0.05) is 63.2 Å². The lowest BCUT2D eigenvalue weighted by Gasteiger charge is -2.30. The molecule has 21 heavy (non-hydrogen) atoms. The van der Waals surface area contributed by atoms with E-state index in [0.29, 0.717) is 6.04 Å². The van der Waals surface area contributed by atoms with Crippen LogP contribution in [0.1, 0.15) is 56.3 Å². The summed E-state index contributed by atoms with van der Waals surface area (Å²) in [5, 5.41) is 3.81. The van der Waals surface area contributed by atoms with Gasteiger partial charge in [0.15, 0.2) is 0 Å². The van der Waals surface area contributed by atoms with Gasteiger partial charge in [-0.2, -0.15) is 0 Å². The molecule has 3 rings (SSSR count). The van der Waals surface area contributed by atoms with Gasteiger partial charge in [0, 0.05) is 5.69 Å². The van der Waals surface area contributed by atoms with E-state index >= 15 is 0 Å². The minimum absolute atomic E-state index is 0.164. The van der Waals surface area contributed by atoms with Gasteiger partial charge in [-0.05, 0) is 47.4 Å². The Balaban J connectivity index is 1.92. The van der Waals surface area contributed by atoms with Crippen molar-refractivity contribution in [3.05, 3.63) is 65.2 Å². The topological polar surface area (TPSA) is 12.0 Å². The maximum absolute atomic E-state index is 3.81. The number of hydrogen-bond donors (Lipinski definition) is 1. The van der Waals surface area contributed by atoms with Gasteiger partial charge in [-0.25, -0.2) is 0 Å². The van der Waals surface area contributed by atoms with E-state index in [0.717, 1.165) is 0 Å². The lowest BCUT2D eigenvalue weighted by molar-refractivity contribution is 0.578. The van der Waals surface area contributed by atoms with Gasteiger partial charge >= 0.3 is 0 Å². The molecule has 1 heteroatoms. The Morgan fingerprint density at radius 2 is 1.67 bits per heavy atom. The monoisotopic (exact) mass is 279 g/mol. The lowest BCUT2D eigenvalue weighted by Crippen LogP contribution is -2.20. The van der Waals surface area contributed by atoms with Crippen molar-refractivity contribution in [2.45, 2.75) is 51.5 Å². The van der Waals surface area contributed by atoms with Gasteiger partial charge in [0.25, 0.3) is 0 Å². The highest BCUT2D eigenvalue weighted by atomic mass is 14.9. The van der Waals surface area contributed by atoms with Gasteiger partial charge < -0.3 is 5.32 Å². The molecule has 0 heterocycles. The molecule has 0 saturated heterocycles. The van der Waals surface area contributed by atoms with Crippen molar-refractivity contribution in [2.75, 3.05) is 5.32 Å². The van der Waals surface area contributed by atoms with Crippen LogP contribution in [0.5, 0.6) is 0 Å². The normalized spacial score (nSPS) is 18.1. The van der Waals surface area contributed by atoms with Gasteiger partial charge in [0.2, 0.25) is 0 Å². The molecule has 0 bridgehead atoms. The van der Waals surface area contributed by atoms with E-state index in [-0.39, 0.29) is 5.41 Å². The number of benzene rings is 2. The van der Waals surface area contributed by atoms with E-state index in [1.165, 1.54) is 41.6 Å². The molecule has 0 aromatic heterocycles. The molecule has 1 N–H and O–H groups in total. The summed E-state index contributed by atoms with van der Waals surface area (Å²) in [6.45, 7) is 6.84. The number of aryl methyl sites for hydroxylation is 1. The van der Waals surface area contributed by atoms with Gasteiger partial charge in [0.1, 0.15) is 0 Å². The van der Waals surface area contributed by atoms with Crippen LogP contribution in [-0.4, -0.2) is 0 Å². The van der Waals surface area contributed by atoms with Crippen LogP contribution >= 0.6 is 0 Å². The summed E-state index contributed by atoms with van der Waals surface area (Å²) in [5.41, 5.74) is 5.83. The SMILES string of the molecule is CC(C)(C)c1ccccc1NC1CCCc2ccccc21. The number of nitrogens with one attached hydrogen (secondary N) is 1. The Morgan fingerprint density at radius 3 is 2.48 bits per heavy atom. The van der Waals surface area contributed by atoms with Gasteiger partial charge in [-0.15, -0.1) is 0 Å². The Labute approximate surface area is 128 Å². The third-order valence-electron chi connectivity index (χ3n) is 4.43. The lowest BCUT2D eigenvalue weighted by atomic mass is 9.84. The highest BCUT2D eigenvalue weighted by Gasteiger charge is 2.23. The van der Waals surface area contributed by atoms with Crippen LogP contribution in [-0.2, 0) is 11.8 Å². The van der Waals surface area contributed by atoms with Crippen molar-refractivity contribution in [1.82, 2.24) is 0 Å². The van der Waals surface area contributed by atoms with Gasteiger partial charge in [-0.3, -0.25) is 0 Å². The molecule has 0 aliphatic heterocycles.